The van der Waals surface area contributed by atoms with E-state index in [1.165, 1.54) is 16.7 Å². The van der Waals surface area contributed by atoms with Crippen LogP contribution < -0.4 is 5.32 Å². The minimum atomic E-state index is -0.903. The second-order valence-corrected chi connectivity index (χ2v) is 5.18. The summed E-state index contributed by atoms with van der Waals surface area (Å²) < 4.78 is 0. The highest BCUT2D eigenvalue weighted by Gasteiger charge is 2.06. The van der Waals surface area contributed by atoms with Crippen LogP contribution in [0.1, 0.15) is 32.6 Å². The highest BCUT2D eigenvalue weighted by atomic mass is 16.4. The number of anilines is 1. The number of rotatable bonds is 4. The van der Waals surface area contributed by atoms with E-state index in [-0.39, 0.29) is 0 Å². The number of hydrogen-bond acceptors (Lipinski definition) is 2. The molecule has 20 heavy (non-hydrogen) atoms. The molecule has 2 rings (SSSR count). The Hall–Kier alpha value is -2.29. The fourth-order valence-corrected chi connectivity index (χ4v) is 2.31. The third-order valence-electron chi connectivity index (χ3n) is 3.25. The second-order valence-electron chi connectivity index (χ2n) is 5.18. The summed E-state index contributed by atoms with van der Waals surface area (Å²) in [6, 6.07) is 11.5. The van der Waals surface area contributed by atoms with Crippen LogP contribution in [0, 0.1) is 20.8 Å². The zero-order valence-electron chi connectivity index (χ0n) is 12.0. The van der Waals surface area contributed by atoms with Gasteiger partial charge in [0.05, 0.1) is 5.56 Å². The Balaban J connectivity index is 2.18. The monoisotopic (exact) mass is 269 g/mol. The van der Waals surface area contributed by atoms with Crippen LogP contribution in [-0.2, 0) is 6.54 Å². The Morgan fingerprint density at radius 3 is 2.30 bits per heavy atom. The van der Waals surface area contributed by atoms with Gasteiger partial charge in [-0.25, -0.2) is 4.79 Å². The smallest absolute Gasteiger partial charge is 0.335 e. The molecule has 0 aliphatic rings. The van der Waals surface area contributed by atoms with Crippen LogP contribution in [0.4, 0.5) is 5.69 Å². The topological polar surface area (TPSA) is 49.3 Å². The number of carbonyl (C=O) groups is 1. The number of carboxylic acid groups (broad SMARTS) is 1. The summed E-state index contributed by atoms with van der Waals surface area (Å²) >= 11 is 0. The molecule has 2 aromatic rings. The van der Waals surface area contributed by atoms with Crippen LogP contribution in [0.5, 0.6) is 0 Å². The Kier molecular flexibility index (Phi) is 4.08. The third-order valence-corrected chi connectivity index (χ3v) is 3.25. The quantitative estimate of drug-likeness (QED) is 0.884. The average Bonchev–Trinajstić information content (AvgIpc) is 2.36. The van der Waals surface area contributed by atoms with Gasteiger partial charge in [0.25, 0.3) is 0 Å². The van der Waals surface area contributed by atoms with E-state index in [0.29, 0.717) is 12.1 Å². The first-order valence-electron chi connectivity index (χ1n) is 6.60. The Morgan fingerprint density at radius 1 is 1.05 bits per heavy atom. The molecule has 0 aromatic heterocycles. The minimum Gasteiger partial charge on any atom is -0.478 e. The van der Waals surface area contributed by atoms with Gasteiger partial charge in [-0.05, 0) is 44.0 Å². The van der Waals surface area contributed by atoms with Crippen molar-refractivity contribution < 1.29 is 9.90 Å². The molecule has 0 radical (unpaired) electrons. The van der Waals surface area contributed by atoms with Crippen LogP contribution in [0.3, 0.4) is 0 Å². The molecule has 104 valence electrons. The highest BCUT2D eigenvalue weighted by molar-refractivity contribution is 5.89. The zero-order valence-corrected chi connectivity index (χ0v) is 12.0. The molecule has 0 aliphatic carbocycles. The SMILES string of the molecule is Cc1cc(C)cc(CNc2cc(C(=O)O)ccc2C)c1. The van der Waals surface area contributed by atoms with Crippen molar-refractivity contribution in [2.75, 3.05) is 5.32 Å². The van der Waals surface area contributed by atoms with Gasteiger partial charge < -0.3 is 10.4 Å². The Labute approximate surface area is 119 Å². The lowest BCUT2D eigenvalue weighted by atomic mass is 10.1. The first-order chi connectivity index (χ1) is 9.45. The maximum absolute atomic E-state index is 11.0. The Bertz CT molecular complexity index is 627. The summed E-state index contributed by atoms with van der Waals surface area (Å²) in [4.78, 5) is 11.0. The van der Waals surface area contributed by atoms with E-state index < -0.39 is 5.97 Å². The number of nitrogens with one attached hydrogen (secondary N) is 1. The van der Waals surface area contributed by atoms with Crippen molar-refractivity contribution in [3.05, 3.63) is 64.2 Å². The lowest BCUT2D eigenvalue weighted by Gasteiger charge is -2.11. The fourth-order valence-electron chi connectivity index (χ4n) is 2.31. The van der Waals surface area contributed by atoms with Crippen LogP contribution >= 0.6 is 0 Å². The number of carboxylic acids is 1. The molecule has 0 atom stereocenters. The predicted molar refractivity (Wildman–Crippen MR) is 81.4 cm³/mol. The summed E-state index contributed by atoms with van der Waals surface area (Å²) in [6.07, 6.45) is 0. The van der Waals surface area contributed by atoms with E-state index in [4.69, 9.17) is 5.11 Å². The zero-order chi connectivity index (χ0) is 14.7. The van der Waals surface area contributed by atoms with Crippen molar-refractivity contribution in [2.45, 2.75) is 27.3 Å². The van der Waals surface area contributed by atoms with Crippen LogP contribution in [-0.4, -0.2) is 11.1 Å². The maximum atomic E-state index is 11.0. The lowest BCUT2D eigenvalue weighted by molar-refractivity contribution is 0.0697. The van der Waals surface area contributed by atoms with Crippen molar-refractivity contribution in [3.8, 4) is 0 Å². The van der Waals surface area contributed by atoms with Gasteiger partial charge in [-0.3, -0.25) is 0 Å². The molecule has 0 aliphatic heterocycles. The number of benzene rings is 2. The second kappa shape index (κ2) is 5.78. The molecular weight excluding hydrogens is 250 g/mol. The molecule has 3 nitrogen and oxygen atoms in total. The highest BCUT2D eigenvalue weighted by Crippen LogP contribution is 2.18. The maximum Gasteiger partial charge on any atom is 0.335 e. The molecule has 0 bridgehead atoms. The van der Waals surface area contributed by atoms with E-state index in [1.54, 1.807) is 12.1 Å². The molecule has 0 heterocycles. The van der Waals surface area contributed by atoms with Crippen molar-refractivity contribution in [1.82, 2.24) is 0 Å². The first-order valence-corrected chi connectivity index (χ1v) is 6.60. The molecule has 3 heteroatoms. The molecule has 0 saturated heterocycles. The minimum absolute atomic E-state index is 0.304. The van der Waals surface area contributed by atoms with E-state index in [9.17, 15) is 4.79 Å². The number of aromatic carboxylic acids is 1. The van der Waals surface area contributed by atoms with Crippen molar-refractivity contribution in [2.24, 2.45) is 0 Å². The van der Waals surface area contributed by atoms with Gasteiger partial charge in [-0.15, -0.1) is 0 Å². The molecule has 0 amide bonds. The van der Waals surface area contributed by atoms with Gasteiger partial charge in [0.1, 0.15) is 0 Å². The van der Waals surface area contributed by atoms with Gasteiger partial charge in [-0.2, -0.15) is 0 Å². The Morgan fingerprint density at radius 2 is 1.70 bits per heavy atom. The predicted octanol–water partition coefficient (Wildman–Crippen LogP) is 3.92. The summed E-state index contributed by atoms with van der Waals surface area (Å²) in [7, 11) is 0. The largest absolute Gasteiger partial charge is 0.478 e. The summed E-state index contributed by atoms with van der Waals surface area (Å²) in [5, 5.41) is 12.3. The van der Waals surface area contributed by atoms with Gasteiger partial charge >= 0.3 is 5.97 Å². The van der Waals surface area contributed by atoms with Crippen molar-refractivity contribution in [1.29, 1.82) is 0 Å². The van der Waals surface area contributed by atoms with Gasteiger partial charge in [0.2, 0.25) is 0 Å². The van der Waals surface area contributed by atoms with E-state index >= 15 is 0 Å². The van der Waals surface area contributed by atoms with E-state index in [2.05, 4.69) is 37.4 Å². The van der Waals surface area contributed by atoms with Crippen LogP contribution in [0.2, 0.25) is 0 Å². The summed E-state index contributed by atoms with van der Waals surface area (Å²) in [5.74, 6) is -0.903. The molecule has 2 N–H and O–H groups in total. The molecule has 2 aromatic carbocycles. The normalized spacial score (nSPS) is 10.3. The average molecular weight is 269 g/mol. The third kappa shape index (κ3) is 3.38. The van der Waals surface area contributed by atoms with Crippen molar-refractivity contribution >= 4 is 11.7 Å². The molecule has 0 fully saturated rings. The van der Waals surface area contributed by atoms with Gasteiger partial charge in [-0.1, -0.05) is 35.4 Å². The summed E-state index contributed by atoms with van der Waals surface area (Å²) in [6.45, 7) is 6.81. The molecular formula is C17H19NO2. The fraction of sp³-hybridized carbons (Fsp3) is 0.235. The van der Waals surface area contributed by atoms with Crippen molar-refractivity contribution in [3.63, 3.8) is 0 Å². The van der Waals surface area contributed by atoms with E-state index in [0.717, 1.165) is 11.3 Å². The molecule has 0 saturated carbocycles. The van der Waals surface area contributed by atoms with Crippen LogP contribution in [0.15, 0.2) is 36.4 Å². The standard InChI is InChI=1S/C17H19NO2/c1-11-6-12(2)8-14(7-11)10-18-16-9-15(17(19)20)5-4-13(16)3/h4-9,18H,10H2,1-3H3,(H,19,20). The first kappa shape index (κ1) is 14.1. The lowest BCUT2D eigenvalue weighted by Crippen LogP contribution is -2.04. The van der Waals surface area contributed by atoms with Gasteiger partial charge in [0.15, 0.2) is 0 Å². The molecule has 0 unspecified atom stereocenters. The molecule has 0 spiro atoms. The van der Waals surface area contributed by atoms with E-state index in [1.807, 2.05) is 13.0 Å². The summed E-state index contributed by atoms with van der Waals surface area (Å²) in [5.41, 5.74) is 5.88. The number of hydrogen-bond donors (Lipinski definition) is 2. The van der Waals surface area contributed by atoms with Gasteiger partial charge in [0, 0.05) is 12.2 Å². The number of aryl methyl sites for hydroxylation is 3. The van der Waals surface area contributed by atoms with Crippen LogP contribution in [0.25, 0.3) is 0 Å².